The van der Waals surface area contributed by atoms with Crippen LogP contribution in [0, 0.1) is 11.3 Å². The number of aliphatic carboxylic acids is 1. The lowest BCUT2D eigenvalue weighted by Gasteiger charge is -2.23. The van der Waals surface area contributed by atoms with Gasteiger partial charge in [-0.3, -0.25) is 14.8 Å². The van der Waals surface area contributed by atoms with Crippen LogP contribution in [0.2, 0.25) is 0 Å². The van der Waals surface area contributed by atoms with Crippen LogP contribution in [0.4, 0.5) is 10.6 Å². The highest BCUT2D eigenvalue weighted by molar-refractivity contribution is 5.90. The Labute approximate surface area is 135 Å². The fraction of sp³-hybridized carbons (Fsp3) is 0.688. The highest BCUT2D eigenvalue weighted by Gasteiger charge is 2.55. The third kappa shape index (κ3) is 2.68. The number of likely N-dealkylation sites (tertiary alicyclic amines) is 1. The lowest BCUT2D eigenvalue weighted by molar-refractivity contribution is -0.149. The first-order valence-corrected chi connectivity index (χ1v) is 8.28. The summed E-state index contributed by atoms with van der Waals surface area (Å²) in [5.41, 5.74) is 0.211. The molecule has 23 heavy (non-hydrogen) atoms. The average molecular weight is 320 g/mol. The minimum Gasteiger partial charge on any atom is -0.481 e. The summed E-state index contributed by atoms with van der Waals surface area (Å²) in [7, 11) is 1.80. The van der Waals surface area contributed by atoms with Gasteiger partial charge in [0.05, 0.1) is 11.1 Å². The molecule has 3 rings (SSSR count). The lowest BCUT2D eigenvalue weighted by Crippen LogP contribution is -2.39. The molecule has 0 radical (unpaired) electrons. The molecule has 2 aliphatic rings. The molecular weight excluding hydrogens is 296 g/mol. The van der Waals surface area contributed by atoms with Gasteiger partial charge in [-0.2, -0.15) is 5.10 Å². The molecule has 2 fully saturated rings. The van der Waals surface area contributed by atoms with E-state index in [-0.39, 0.29) is 11.9 Å². The molecule has 1 aliphatic carbocycles. The third-order valence-corrected chi connectivity index (χ3v) is 5.26. The second kappa shape index (κ2) is 5.86. The second-order valence-electron chi connectivity index (χ2n) is 6.76. The number of aryl methyl sites for hydroxylation is 2. The molecule has 0 aromatic carbocycles. The average Bonchev–Trinajstić information content (AvgIpc) is 3.12. The van der Waals surface area contributed by atoms with Gasteiger partial charge in [0.25, 0.3) is 0 Å². The minimum absolute atomic E-state index is 0.0768. The van der Waals surface area contributed by atoms with Crippen molar-refractivity contribution in [2.24, 2.45) is 18.4 Å². The van der Waals surface area contributed by atoms with E-state index in [1.54, 1.807) is 16.6 Å². The minimum atomic E-state index is -0.763. The number of anilines is 1. The van der Waals surface area contributed by atoms with Gasteiger partial charge >= 0.3 is 12.0 Å². The van der Waals surface area contributed by atoms with E-state index >= 15 is 0 Å². The Morgan fingerprint density at radius 3 is 2.96 bits per heavy atom. The quantitative estimate of drug-likeness (QED) is 0.889. The van der Waals surface area contributed by atoms with Crippen LogP contribution in [0.5, 0.6) is 0 Å². The summed E-state index contributed by atoms with van der Waals surface area (Å²) in [5, 5.41) is 16.8. The van der Waals surface area contributed by atoms with Crippen LogP contribution in [-0.2, 0) is 18.3 Å². The summed E-state index contributed by atoms with van der Waals surface area (Å²) in [6.45, 7) is 2.91. The standard InChI is InChI=1S/C16H24N4O3/c1-3-5-12-8-13(19(2)18-12)17-15(23)20-9-11-6-4-7-16(11,10-20)14(21)22/h8,11H,3-7,9-10H2,1-2H3,(H,17,23)(H,21,22)/t11-,16+/m0/s1. The molecule has 1 aromatic rings. The number of carboxylic acids is 1. The molecule has 0 bridgehead atoms. The normalized spacial score (nSPS) is 26.3. The summed E-state index contributed by atoms with van der Waals surface area (Å²) in [4.78, 5) is 25.8. The van der Waals surface area contributed by atoms with Crippen molar-refractivity contribution < 1.29 is 14.7 Å². The van der Waals surface area contributed by atoms with Crippen molar-refractivity contribution >= 4 is 17.8 Å². The summed E-state index contributed by atoms with van der Waals surface area (Å²) in [6.07, 6.45) is 4.37. The largest absolute Gasteiger partial charge is 0.481 e. The van der Waals surface area contributed by atoms with Gasteiger partial charge in [-0.15, -0.1) is 0 Å². The first-order chi connectivity index (χ1) is 11.0. The van der Waals surface area contributed by atoms with Crippen LogP contribution < -0.4 is 5.32 Å². The number of carbonyl (C=O) groups excluding carboxylic acids is 1. The number of hydrogen-bond acceptors (Lipinski definition) is 3. The summed E-state index contributed by atoms with van der Waals surface area (Å²) >= 11 is 0. The number of aromatic nitrogens is 2. The summed E-state index contributed by atoms with van der Waals surface area (Å²) in [6, 6.07) is 1.65. The number of amides is 2. The van der Waals surface area contributed by atoms with E-state index < -0.39 is 11.4 Å². The zero-order valence-electron chi connectivity index (χ0n) is 13.7. The Balaban J connectivity index is 1.69. The Bertz CT molecular complexity index is 627. The monoisotopic (exact) mass is 320 g/mol. The molecule has 0 spiro atoms. The van der Waals surface area contributed by atoms with Crippen molar-refractivity contribution in [2.45, 2.75) is 39.0 Å². The maximum atomic E-state index is 12.5. The van der Waals surface area contributed by atoms with Gasteiger partial charge in [0.15, 0.2) is 0 Å². The molecule has 2 N–H and O–H groups in total. The second-order valence-corrected chi connectivity index (χ2v) is 6.76. The molecule has 1 aliphatic heterocycles. The number of carbonyl (C=O) groups is 2. The van der Waals surface area contributed by atoms with E-state index in [0.29, 0.717) is 25.3 Å². The fourth-order valence-electron chi connectivity index (χ4n) is 4.00. The van der Waals surface area contributed by atoms with Crippen LogP contribution in [0.3, 0.4) is 0 Å². The third-order valence-electron chi connectivity index (χ3n) is 5.26. The van der Waals surface area contributed by atoms with Gasteiger partial charge in [-0.25, -0.2) is 4.79 Å². The topological polar surface area (TPSA) is 87.5 Å². The van der Waals surface area contributed by atoms with Gasteiger partial charge in [-0.1, -0.05) is 19.8 Å². The smallest absolute Gasteiger partial charge is 0.323 e. The zero-order valence-corrected chi connectivity index (χ0v) is 13.7. The number of rotatable bonds is 4. The molecule has 0 unspecified atom stereocenters. The van der Waals surface area contributed by atoms with Crippen molar-refractivity contribution in [1.29, 1.82) is 0 Å². The molecule has 1 aromatic heterocycles. The molecule has 1 saturated heterocycles. The van der Waals surface area contributed by atoms with E-state index in [2.05, 4.69) is 17.3 Å². The van der Waals surface area contributed by atoms with E-state index in [0.717, 1.165) is 31.4 Å². The Hall–Kier alpha value is -2.05. The SMILES string of the molecule is CCCc1cc(NC(=O)N2C[C@@H]3CCC[C@@]3(C(=O)O)C2)n(C)n1. The number of carboxylic acid groups (broad SMARTS) is 1. The lowest BCUT2D eigenvalue weighted by atomic mass is 9.81. The molecule has 1 saturated carbocycles. The van der Waals surface area contributed by atoms with Crippen molar-refractivity contribution in [3.63, 3.8) is 0 Å². The first kappa shape index (κ1) is 15.8. The van der Waals surface area contributed by atoms with Crippen molar-refractivity contribution in [1.82, 2.24) is 14.7 Å². The van der Waals surface area contributed by atoms with E-state index in [1.165, 1.54) is 0 Å². The number of hydrogen-bond donors (Lipinski definition) is 2. The summed E-state index contributed by atoms with van der Waals surface area (Å²) in [5.74, 6) is -0.0334. The molecule has 2 heterocycles. The number of nitrogens with zero attached hydrogens (tertiary/aromatic N) is 3. The molecular formula is C16H24N4O3. The maximum Gasteiger partial charge on any atom is 0.323 e. The summed E-state index contributed by atoms with van der Waals surface area (Å²) < 4.78 is 1.66. The molecule has 126 valence electrons. The molecule has 2 amide bonds. The highest BCUT2D eigenvalue weighted by atomic mass is 16.4. The number of fused-ring (bicyclic) bond motifs is 1. The van der Waals surface area contributed by atoms with Crippen LogP contribution in [0.15, 0.2) is 6.07 Å². The van der Waals surface area contributed by atoms with Gasteiger partial charge < -0.3 is 10.0 Å². The van der Waals surface area contributed by atoms with E-state index in [9.17, 15) is 14.7 Å². The van der Waals surface area contributed by atoms with Crippen LogP contribution in [0.1, 0.15) is 38.3 Å². The van der Waals surface area contributed by atoms with Crippen molar-refractivity contribution in [2.75, 3.05) is 18.4 Å². The fourth-order valence-corrected chi connectivity index (χ4v) is 4.00. The van der Waals surface area contributed by atoms with Gasteiger partial charge in [0.1, 0.15) is 5.82 Å². The van der Waals surface area contributed by atoms with E-state index in [4.69, 9.17) is 0 Å². The molecule has 2 atom stereocenters. The van der Waals surface area contributed by atoms with Crippen LogP contribution >= 0.6 is 0 Å². The van der Waals surface area contributed by atoms with E-state index in [1.807, 2.05) is 6.07 Å². The van der Waals surface area contributed by atoms with Gasteiger partial charge in [0.2, 0.25) is 0 Å². The predicted octanol–water partition coefficient (Wildman–Crippen LogP) is 2.09. The van der Waals surface area contributed by atoms with Crippen LogP contribution in [0.25, 0.3) is 0 Å². The van der Waals surface area contributed by atoms with Crippen molar-refractivity contribution in [3.05, 3.63) is 11.8 Å². The first-order valence-electron chi connectivity index (χ1n) is 8.28. The number of urea groups is 1. The Morgan fingerprint density at radius 2 is 2.30 bits per heavy atom. The number of nitrogens with one attached hydrogen (secondary N) is 1. The van der Waals surface area contributed by atoms with Crippen LogP contribution in [-0.4, -0.2) is 44.9 Å². The van der Waals surface area contributed by atoms with Gasteiger partial charge in [0, 0.05) is 26.2 Å². The predicted molar refractivity (Wildman–Crippen MR) is 85.2 cm³/mol. The Morgan fingerprint density at radius 1 is 1.52 bits per heavy atom. The van der Waals surface area contributed by atoms with Crippen molar-refractivity contribution in [3.8, 4) is 0 Å². The molecule has 7 nitrogen and oxygen atoms in total. The van der Waals surface area contributed by atoms with Gasteiger partial charge in [-0.05, 0) is 25.2 Å². The molecule has 7 heteroatoms. The Kier molecular flexibility index (Phi) is 4.04. The maximum absolute atomic E-state index is 12.5. The zero-order chi connectivity index (χ0) is 16.6. The highest BCUT2D eigenvalue weighted by Crippen LogP contribution is 2.48.